The number of halogens is 1. The van der Waals surface area contributed by atoms with Gasteiger partial charge in [-0.05, 0) is 29.8 Å². The van der Waals surface area contributed by atoms with Crippen molar-refractivity contribution in [2.75, 3.05) is 0 Å². The molecule has 0 saturated carbocycles. The minimum Gasteiger partial charge on any atom is -0.383 e. The molecule has 0 aliphatic rings. The van der Waals surface area contributed by atoms with Gasteiger partial charge in [0.2, 0.25) is 0 Å². The molecule has 2 nitrogen and oxygen atoms in total. The second-order valence-corrected chi connectivity index (χ2v) is 4.20. The van der Waals surface area contributed by atoms with E-state index in [4.69, 9.17) is 0 Å². The lowest BCUT2D eigenvalue weighted by Crippen LogP contribution is -2.14. The summed E-state index contributed by atoms with van der Waals surface area (Å²) in [6, 6.07) is 0. The molecule has 1 aromatic heterocycles. The Kier molecular flexibility index (Phi) is 2.12. The molecule has 0 bridgehead atoms. The molecule has 0 radical (unpaired) electrons. The smallest absolute Gasteiger partial charge is 0.125 e. The van der Waals surface area contributed by atoms with Gasteiger partial charge in [-0.1, -0.05) is 0 Å². The first-order valence-corrected chi connectivity index (χ1v) is 4.51. The van der Waals surface area contributed by atoms with E-state index in [9.17, 15) is 5.11 Å². The van der Waals surface area contributed by atoms with E-state index in [-0.39, 0.29) is 0 Å². The van der Waals surface area contributed by atoms with Crippen molar-refractivity contribution in [2.24, 2.45) is 0 Å². The minimum absolute atomic E-state index is 0.736. The van der Waals surface area contributed by atoms with E-state index in [0.29, 0.717) is 0 Å². The lowest BCUT2D eigenvalue weighted by atomic mass is 10.2. The molecule has 0 spiro atoms. The molecule has 0 unspecified atom stereocenters. The average molecular weight is 222 g/mol. The molecule has 0 fully saturated rings. The van der Waals surface area contributed by atoms with Gasteiger partial charge in [-0.2, -0.15) is 0 Å². The number of aliphatic hydroxyl groups is 1. The Hall–Kier alpha value is 0.0700. The zero-order valence-corrected chi connectivity index (χ0v) is 8.16. The Labute approximate surface area is 72.0 Å². The van der Waals surface area contributed by atoms with Gasteiger partial charge in [0.25, 0.3) is 0 Å². The molecule has 0 aliphatic heterocycles. The van der Waals surface area contributed by atoms with Gasteiger partial charge in [0, 0.05) is 5.38 Å². The van der Waals surface area contributed by atoms with Crippen LogP contribution in [-0.4, -0.2) is 10.1 Å². The monoisotopic (exact) mass is 221 g/mol. The van der Waals surface area contributed by atoms with Crippen LogP contribution in [0.15, 0.2) is 9.98 Å². The number of hydrogen-bond donors (Lipinski definition) is 1. The third-order valence-electron chi connectivity index (χ3n) is 1.000. The van der Waals surface area contributed by atoms with Crippen LogP contribution >= 0.6 is 27.3 Å². The largest absolute Gasteiger partial charge is 0.383 e. The molecule has 1 aromatic rings. The highest BCUT2D eigenvalue weighted by atomic mass is 79.9. The summed E-state index contributed by atoms with van der Waals surface area (Å²) in [5, 5.41) is 12.0. The summed E-state index contributed by atoms with van der Waals surface area (Å²) >= 11 is 4.66. The molecule has 4 heteroatoms. The summed E-state index contributed by atoms with van der Waals surface area (Å²) in [4.78, 5) is 4.07. The van der Waals surface area contributed by atoms with Crippen LogP contribution in [0.4, 0.5) is 0 Å². The predicted molar refractivity (Wildman–Crippen MR) is 45.1 cm³/mol. The molecule has 1 rings (SSSR count). The highest BCUT2D eigenvalue weighted by molar-refractivity contribution is 9.10. The Bertz CT molecular complexity index is 228. The van der Waals surface area contributed by atoms with Gasteiger partial charge in [-0.25, -0.2) is 4.98 Å². The van der Waals surface area contributed by atoms with E-state index in [1.165, 1.54) is 11.3 Å². The quantitative estimate of drug-likeness (QED) is 0.789. The van der Waals surface area contributed by atoms with Crippen LogP contribution in [0.2, 0.25) is 0 Å². The Morgan fingerprint density at radius 2 is 2.30 bits per heavy atom. The van der Waals surface area contributed by atoms with Crippen LogP contribution in [0.5, 0.6) is 0 Å². The first kappa shape index (κ1) is 8.17. The summed E-state index contributed by atoms with van der Waals surface area (Å²) in [6.45, 7) is 3.44. The summed E-state index contributed by atoms with van der Waals surface area (Å²) in [5.74, 6) is 0. The van der Waals surface area contributed by atoms with Gasteiger partial charge < -0.3 is 5.11 Å². The van der Waals surface area contributed by atoms with Gasteiger partial charge in [-0.3, -0.25) is 0 Å². The molecule has 0 amide bonds. The van der Waals surface area contributed by atoms with Crippen LogP contribution in [0, 0.1) is 0 Å². The van der Waals surface area contributed by atoms with Crippen LogP contribution in [0.25, 0.3) is 0 Å². The standard InChI is InChI=1S/C6H8BrNOS/c1-6(2,9)5-8-4(7)3-10-5/h3,9H,1-2H3. The van der Waals surface area contributed by atoms with E-state index in [1.54, 1.807) is 13.8 Å². The van der Waals surface area contributed by atoms with Gasteiger partial charge in [0.15, 0.2) is 0 Å². The highest BCUT2D eigenvalue weighted by Crippen LogP contribution is 2.25. The van der Waals surface area contributed by atoms with Gasteiger partial charge >= 0.3 is 0 Å². The molecule has 1 heterocycles. The maximum absolute atomic E-state index is 9.43. The Morgan fingerprint density at radius 1 is 1.70 bits per heavy atom. The maximum atomic E-state index is 9.43. The minimum atomic E-state index is -0.809. The average Bonchev–Trinajstić information content (AvgIpc) is 2.11. The van der Waals surface area contributed by atoms with Crippen molar-refractivity contribution in [2.45, 2.75) is 19.4 Å². The number of thiazole rings is 1. The fourth-order valence-electron chi connectivity index (χ4n) is 0.535. The van der Waals surface area contributed by atoms with Crippen molar-refractivity contribution in [3.63, 3.8) is 0 Å². The zero-order valence-electron chi connectivity index (χ0n) is 5.76. The molecule has 0 aromatic carbocycles. The van der Waals surface area contributed by atoms with E-state index in [2.05, 4.69) is 20.9 Å². The van der Waals surface area contributed by atoms with Gasteiger partial charge in [0.1, 0.15) is 15.2 Å². The summed E-state index contributed by atoms with van der Waals surface area (Å²) in [5.41, 5.74) is -0.809. The Morgan fingerprint density at radius 3 is 2.50 bits per heavy atom. The lowest BCUT2D eigenvalue weighted by molar-refractivity contribution is 0.0781. The normalized spacial score (nSPS) is 12.0. The molecule has 0 aliphatic carbocycles. The molecular weight excluding hydrogens is 214 g/mol. The second-order valence-electron chi connectivity index (χ2n) is 2.53. The summed E-state index contributed by atoms with van der Waals surface area (Å²) in [6.07, 6.45) is 0. The van der Waals surface area contributed by atoms with E-state index >= 15 is 0 Å². The summed E-state index contributed by atoms with van der Waals surface area (Å²) < 4.78 is 0.787. The molecule has 0 atom stereocenters. The van der Waals surface area contributed by atoms with Gasteiger partial charge in [-0.15, -0.1) is 11.3 Å². The number of nitrogens with zero attached hydrogens (tertiary/aromatic N) is 1. The molecule has 0 saturated heterocycles. The van der Waals surface area contributed by atoms with E-state index in [1.807, 2.05) is 5.38 Å². The molecule has 1 N–H and O–H groups in total. The first-order valence-electron chi connectivity index (χ1n) is 2.84. The summed E-state index contributed by atoms with van der Waals surface area (Å²) in [7, 11) is 0. The fourth-order valence-corrected chi connectivity index (χ4v) is 1.81. The maximum Gasteiger partial charge on any atom is 0.125 e. The van der Waals surface area contributed by atoms with Crippen molar-refractivity contribution in [3.05, 3.63) is 15.0 Å². The molecular formula is C6H8BrNOS. The van der Waals surface area contributed by atoms with Crippen molar-refractivity contribution in [1.82, 2.24) is 4.98 Å². The van der Waals surface area contributed by atoms with Crippen LogP contribution < -0.4 is 0 Å². The first-order chi connectivity index (χ1) is 4.50. The molecule has 10 heavy (non-hydrogen) atoms. The van der Waals surface area contributed by atoms with Crippen molar-refractivity contribution < 1.29 is 5.11 Å². The molecule has 56 valence electrons. The second kappa shape index (κ2) is 2.60. The van der Waals surface area contributed by atoms with Crippen LogP contribution in [0.1, 0.15) is 18.9 Å². The Balaban J connectivity index is 2.96. The fraction of sp³-hybridized carbons (Fsp3) is 0.500. The van der Waals surface area contributed by atoms with Crippen molar-refractivity contribution in [3.8, 4) is 0 Å². The predicted octanol–water partition coefficient (Wildman–Crippen LogP) is 2.13. The van der Waals surface area contributed by atoms with E-state index in [0.717, 1.165) is 9.61 Å². The van der Waals surface area contributed by atoms with Crippen LogP contribution in [0.3, 0.4) is 0 Å². The topological polar surface area (TPSA) is 33.1 Å². The number of rotatable bonds is 1. The SMILES string of the molecule is CC(C)(O)c1nc(Br)cs1. The number of hydrogen-bond acceptors (Lipinski definition) is 3. The van der Waals surface area contributed by atoms with Crippen molar-refractivity contribution >= 4 is 27.3 Å². The van der Waals surface area contributed by atoms with Crippen molar-refractivity contribution in [1.29, 1.82) is 0 Å². The van der Waals surface area contributed by atoms with Crippen LogP contribution in [-0.2, 0) is 5.60 Å². The highest BCUT2D eigenvalue weighted by Gasteiger charge is 2.19. The third-order valence-corrected chi connectivity index (χ3v) is 2.86. The zero-order chi connectivity index (χ0) is 7.78. The van der Waals surface area contributed by atoms with Gasteiger partial charge in [0.05, 0.1) is 0 Å². The third kappa shape index (κ3) is 1.78. The number of aromatic nitrogens is 1. The lowest BCUT2D eigenvalue weighted by Gasteiger charge is -2.11. The van der Waals surface area contributed by atoms with E-state index < -0.39 is 5.60 Å².